The molecule has 0 fully saturated rings. The first-order chi connectivity index (χ1) is 6.13. The first-order valence-electron chi connectivity index (χ1n) is 4.32. The lowest BCUT2D eigenvalue weighted by molar-refractivity contribution is -0.126. The Morgan fingerprint density at radius 3 is 2.92 bits per heavy atom. The lowest BCUT2D eigenvalue weighted by Crippen LogP contribution is -2.21. The van der Waals surface area contributed by atoms with Gasteiger partial charge in [0.2, 0.25) is 0 Å². The number of Topliss-reactive ketones (excluding diaryl/α,β-unsaturated/α-hetero) is 1. The monoisotopic (exact) mass is 182 g/mol. The van der Waals surface area contributed by atoms with Gasteiger partial charge in [0, 0.05) is 13.2 Å². The summed E-state index contributed by atoms with van der Waals surface area (Å²) in [5.74, 6) is -0.166. The first-order valence-corrected chi connectivity index (χ1v) is 4.32. The highest BCUT2D eigenvalue weighted by Gasteiger charge is 2.13. The number of carbonyl (C=O) groups excluding carboxylic acids is 1. The first kappa shape index (κ1) is 9.92. The van der Waals surface area contributed by atoms with Crippen molar-refractivity contribution in [3.63, 3.8) is 0 Å². The quantitative estimate of drug-likeness (QED) is 0.728. The van der Waals surface area contributed by atoms with Crippen molar-refractivity contribution >= 4 is 5.78 Å². The van der Waals surface area contributed by atoms with Gasteiger partial charge in [-0.25, -0.2) is 0 Å². The zero-order valence-corrected chi connectivity index (χ0v) is 7.90. The second-order valence-corrected chi connectivity index (χ2v) is 3.05. The van der Waals surface area contributed by atoms with Crippen LogP contribution in [0.4, 0.5) is 0 Å². The van der Waals surface area contributed by atoms with Crippen LogP contribution in [0.25, 0.3) is 0 Å². The predicted octanol–water partition coefficient (Wildman–Crippen LogP) is 0.303. The molecule has 4 nitrogen and oxygen atoms in total. The predicted molar refractivity (Wildman–Crippen MR) is 48.2 cm³/mol. The molecule has 1 aromatic heterocycles. The number of aliphatic hydroxyl groups excluding tert-OH is 1. The van der Waals surface area contributed by atoms with E-state index in [-0.39, 0.29) is 12.2 Å². The van der Waals surface area contributed by atoms with E-state index in [1.807, 2.05) is 0 Å². The zero-order valence-electron chi connectivity index (χ0n) is 7.90. The Bertz CT molecular complexity index is 294. The largest absolute Gasteiger partial charge is 0.385 e. The lowest BCUT2D eigenvalue weighted by atomic mass is 10.1. The summed E-state index contributed by atoms with van der Waals surface area (Å²) >= 11 is 0. The number of hydrogen-bond donors (Lipinski definition) is 1. The van der Waals surface area contributed by atoms with Crippen LogP contribution in [0.5, 0.6) is 0 Å². The summed E-state index contributed by atoms with van der Waals surface area (Å²) in [4.78, 5) is 11.3. The number of aromatic nitrogens is 2. The maximum absolute atomic E-state index is 11.3. The second kappa shape index (κ2) is 4.18. The van der Waals surface area contributed by atoms with Crippen molar-refractivity contribution in [3.05, 3.63) is 18.0 Å². The zero-order chi connectivity index (χ0) is 9.84. The second-order valence-electron chi connectivity index (χ2n) is 3.05. The van der Waals surface area contributed by atoms with Gasteiger partial charge in [0.05, 0.1) is 12.1 Å². The third kappa shape index (κ3) is 2.66. The van der Waals surface area contributed by atoms with Crippen molar-refractivity contribution in [1.29, 1.82) is 0 Å². The van der Waals surface area contributed by atoms with Gasteiger partial charge in [-0.2, -0.15) is 5.10 Å². The average Bonchev–Trinajstić information content (AvgIpc) is 2.49. The van der Waals surface area contributed by atoms with Crippen LogP contribution in [0.1, 0.15) is 19.0 Å². The molecule has 1 N–H and O–H groups in total. The molecule has 13 heavy (non-hydrogen) atoms. The number of aryl methyl sites for hydroxylation is 1. The summed E-state index contributed by atoms with van der Waals surface area (Å²) < 4.78 is 1.64. The van der Waals surface area contributed by atoms with E-state index in [9.17, 15) is 9.90 Å². The highest BCUT2D eigenvalue weighted by Crippen LogP contribution is 2.01. The van der Waals surface area contributed by atoms with Gasteiger partial charge in [0.25, 0.3) is 0 Å². The van der Waals surface area contributed by atoms with Crippen molar-refractivity contribution in [2.24, 2.45) is 7.05 Å². The third-order valence-corrected chi connectivity index (χ3v) is 1.88. The molecule has 1 heterocycles. The lowest BCUT2D eigenvalue weighted by Gasteiger charge is -2.03. The molecule has 0 aliphatic carbocycles. The SMILES string of the molecule is CCC(O)C(=O)Cc1ccn(C)n1. The molecule has 1 unspecified atom stereocenters. The van der Waals surface area contributed by atoms with Crippen molar-refractivity contribution in [3.8, 4) is 0 Å². The van der Waals surface area contributed by atoms with Crippen molar-refractivity contribution in [2.45, 2.75) is 25.9 Å². The number of ketones is 1. The van der Waals surface area contributed by atoms with Crippen molar-refractivity contribution < 1.29 is 9.90 Å². The molecule has 72 valence electrons. The van der Waals surface area contributed by atoms with E-state index in [1.54, 1.807) is 30.9 Å². The van der Waals surface area contributed by atoms with Crippen LogP contribution >= 0.6 is 0 Å². The minimum absolute atomic E-state index is 0.166. The molecule has 4 heteroatoms. The molecule has 0 aromatic carbocycles. The van der Waals surface area contributed by atoms with E-state index in [4.69, 9.17) is 0 Å². The summed E-state index contributed by atoms with van der Waals surface area (Å²) in [6.07, 6.45) is 1.62. The number of nitrogens with zero attached hydrogens (tertiary/aromatic N) is 2. The maximum Gasteiger partial charge on any atom is 0.167 e. The van der Waals surface area contributed by atoms with Crippen LogP contribution in [0.2, 0.25) is 0 Å². The molecular weight excluding hydrogens is 168 g/mol. The molecular formula is C9H14N2O2. The Morgan fingerprint density at radius 2 is 2.46 bits per heavy atom. The van der Waals surface area contributed by atoms with E-state index in [0.29, 0.717) is 12.1 Å². The van der Waals surface area contributed by atoms with Crippen molar-refractivity contribution in [2.75, 3.05) is 0 Å². The summed E-state index contributed by atoms with van der Waals surface area (Å²) in [5.41, 5.74) is 0.708. The minimum Gasteiger partial charge on any atom is -0.385 e. The van der Waals surface area contributed by atoms with Crippen LogP contribution < -0.4 is 0 Å². The smallest absolute Gasteiger partial charge is 0.167 e. The number of carbonyl (C=O) groups is 1. The molecule has 1 atom stereocenters. The highest BCUT2D eigenvalue weighted by molar-refractivity contribution is 5.84. The van der Waals surface area contributed by atoms with Gasteiger partial charge in [-0.3, -0.25) is 9.48 Å². The van der Waals surface area contributed by atoms with E-state index >= 15 is 0 Å². The molecule has 1 rings (SSSR count). The van der Waals surface area contributed by atoms with Crippen LogP contribution in [0, 0.1) is 0 Å². The van der Waals surface area contributed by atoms with E-state index < -0.39 is 6.10 Å². The fraction of sp³-hybridized carbons (Fsp3) is 0.556. The molecule has 0 bridgehead atoms. The Balaban J connectivity index is 2.54. The standard InChI is InChI=1S/C9H14N2O2/c1-3-8(12)9(13)6-7-4-5-11(2)10-7/h4-5,8,12H,3,6H2,1-2H3. The Labute approximate surface area is 77.2 Å². The molecule has 0 saturated heterocycles. The molecule has 0 radical (unpaired) electrons. The number of hydrogen-bond acceptors (Lipinski definition) is 3. The number of rotatable bonds is 4. The van der Waals surface area contributed by atoms with Crippen LogP contribution in [0.3, 0.4) is 0 Å². The highest BCUT2D eigenvalue weighted by atomic mass is 16.3. The summed E-state index contributed by atoms with van der Waals surface area (Å²) in [6, 6.07) is 1.78. The topological polar surface area (TPSA) is 55.1 Å². The van der Waals surface area contributed by atoms with Gasteiger partial charge in [-0.05, 0) is 12.5 Å². The van der Waals surface area contributed by atoms with E-state index in [0.717, 1.165) is 0 Å². The van der Waals surface area contributed by atoms with Gasteiger partial charge in [-0.15, -0.1) is 0 Å². The molecule has 0 amide bonds. The Kier molecular flexibility index (Phi) is 3.19. The van der Waals surface area contributed by atoms with E-state index in [2.05, 4.69) is 5.10 Å². The van der Waals surface area contributed by atoms with Crippen LogP contribution in [0.15, 0.2) is 12.3 Å². The summed E-state index contributed by atoms with van der Waals surface area (Å²) in [5, 5.41) is 13.3. The van der Waals surface area contributed by atoms with Gasteiger partial charge >= 0.3 is 0 Å². The van der Waals surface area contributed by atoms with Crippen molar-refractivity contribution in [1.82, 2.24) is 9.78 Å². The molecule has 0 aliphatic heterocycles. The maximum atomic E-state index is 11.3. The van der Waals surface area contributed by atoms with Gasteiger partial charge in [0.1, 0.15) is 6.10 Å². The van der Waals surface area contributed by atoms with E-state index in [1.165, 1.54) is 0 Å². The van der Waals surface area contributed by atoms with Crippen LogP contribution in [-0.2, 0) is 18.3 Å². The fourth-order valence-electron chi connectivity index (χ4n) is 1.08. The average molecular weight is 182 g/mol. The summed E-state index contributed by atoms with van der Waals surface area (Å²) in [7, 11) is 1.80. The fourth-order valence-corrected chi connectivity index (χ4v) is 1.08. The molecule has 0 spiro atoms. The third-order valence-electron chi connectivity index (χ3n) is 1.88. The van der Waals surface area contributed by atoms with Crippen LogP contribution in [-0.4, -0.2) is 26.8 Å². The van der Waals surface area contributed by atoms with Gasteiger partial charge in [0.15, 0.2) is 5.78 Å². The molecule has 0 aliphatic rings. The van der Waals surface area contributed by atoms with Gasteiger partial charge < -0.3 is 5.11 Å². The Hall–Kier alpha value is -1.16. The number of aliphatic hydroxyl groups is 1. The minimum atomic E-state index is -0.845. The molecule has 1 aromatic rings. The van der Waals surface area contributed by atoms with Gasteiger partial charge in [-0.1, -0.05) is 6.92 Å². The molecule has 0 saturated carbocycles. The summed E-state index contributed by atoms with van der Waals surface area (Å²) in [6.45, 7) is 1.78. The Morgan fingerprint density at radius 1 is 1.77 bits per heavy atom. The normalized spacial score (nSPS) is 12.8.